The van der Waals surface area contributed by atoms with E-state index in [1.807, 2.05) is 6.07 Å². The molecule has 10 nitrogen and oxygen atoms in total. The largest absolute Gasteiger partial charge is 0.469 e. The molecule has 1 aromatic carbocycles. The van der Waals surface area contributed by atoms with Crippen LogP contribution in [0.3, 0.4) is 0 Å². The zero-order valence-electron chi connectivity index (χ0n) is 18.5. The van der Waals surface area contributed by atoms with Crippen molar-refractivity contribution >= 4 is 24.1 Å². The van der Waals surface area contributed by atoms with Crippen molar-refractivity contribution in [2.75, 3.05) is 14.2 Å². The third-order valence-electron chi connectivity index (χ3n) is 3.88. The zero-order chi connectivity index (χ0) is 23.4. The van der Waals surface area contributed by atoms with Crippen molar-refractivity contribution in [3.63, 3.8) is 0 Å². The molecule has 1 rings (SSSR count). The second-order valence-corrected chi connectivity index (χ2v) is 7.53. The minimum absolute atomic E-state index is 0.0119. The lowest BCUT2D eigenvalue weighted by Gasteiger charge is -2.30. The molecule has 1 unspecified atom stereocenters. The van der Waals surface area contributed by atoms with E-state index in [1.165, 1.54) is 7.11 Å². The Labute approximate surface area is 181 Å². The van der Waals surface area contributed by atoms with E-state index in [1.54, 1.807) is 45.0 Å². The van der Waals surface area contributed by atoms with E-state index in [9.17, 15) is 19.2 Å². The molecule has 0 bridgehead atoms. The lowest BCUT2D eigenvalue weighted by Crippen LogP contribution is -2.56. The molecule has 0 saturated heterocycles. The molecular weight excluding hydrogens is 408 g/mol. The molecule has 0 spiro atoms. The van der Waals surface area contributed by atoms with Gasteiger partial charge in [-0.05, 0) is 39.2 Å². The Morgan fingerprint density at radius 3 is 2.23 bits per heavy atom. The van der Waals surface area contributed by atoms with Gasteiger partial charge in [0.25, 0.3) is 0 Å². The molecule has 0 aliphatic heterocycles. The molecule has 0 heterocycles. The fourth-order valence-electron chi connectivity index (χ4n) is 2.47. The van der Waals surface area contributed by atoms with Gasteiger partial charge in [0.15, 0.2) is 6.04 Å². The van der Waals surface area contributed by atoms with Gasteiger partial charge >= 0.3 is 24.1 Å². The maximum absolute atomic E-state index is 12.8. The Bertz CT molecular complexity index is 745. The van der Waals surface area contributed by atoms with Crippen molar-refractivity contribution in [3.05, 3.63) is 35.9 Å². The second kappa shape index (κ2) is 12.4. The first-order chi connectivity index (χ1) is 14.6. The Kier molecular flexibility index (Phi) is 10.3. The number of amides is 2. The molecule has 0 aliphatic carbocycles. The topological polar surface area (TPSA) is 120 Å². The van der Waals surface area contributed by atoms with Crippen LogP contribution in [0.2, 0.25) is 0 Å². The molecule has 1 N–H and O–H groups in total. The van der Waals surface area contributed by atoms with Gasteiger partial charge in [-0.2, -0.15) is 0 Å². The highest BCUT2D eigenvalue weighted by molar-refractivity contribution is 5.83. The van der Waals surface area contributed by atoms with Gasteiger partial charge in [-0.25, -0.2) is 24.8 Å². The van der Waals surface area contributed by atoms with Crippen molar-refractivity contribution < 1.29 is 38.1 Å². The van der Waals surface area contributed by atoms with Crippen LogP contribution < -0.4 is 5.43 Å². The van der Waals surface area contributed by atoms with Crippen LogP contribution in [0.4, 0.5) is 9.59 Å². The molecule has 10 heteroatoms. The van der Waals surface area contributed by atoms with E-state index >= 15 is 0 Å². The molecule has 172 valence electrons. The van der Waals surface area contributed by atoms with Gasteiger partial charge in [0.2, 0.25) is 0 Å². The van der Waals surface area contributed by atoms with Crippen LogP contribution in [-0.2, 0) is 35.1 Å². The highest BCUT2D eigenvalue weighted by atomic mass is 16.6. The highest BCUT2D eigenvalue weighted by Gasteiger charge is 2.34. The molecule has 2 amide bonds. The van der Waals surface area contributed by atoms with Crippen LogP contribution in [0.5, 0.6) is 0 Å². The quantitative estimate of drug-likeness (QED) is 0.374. The smallest absolute Gasteiger partial charge is 0.429 e. The minimum Gasteiger partial charge on any atom is -0.469 e. The summed E-state index contributed by atoms with van der Waals surface area (Å²) in [6, 6.07) is 7.65. The van der Waals surface area contributed by atoms with Crippen LogP contribution in [0, 0.1) is 0 Å². The van der Waals surface area contributed by atoms with Gasteiger partial charge in [0, 0.05) is 6.42 Å². The Morgan fingerprint density at radius 1 is 1.03 bits per heavy atom. The number of esters is 2. The van der Waals surface area contributed by atoms with Gasteiger partial charge < -0.3 is 18.9 Å². The highest BCUT2D eigenvalue weighted by Crippen LogP contribution is 2.14. The molecule has 0 aromatic heterocycles. The summed E-state index contributed by atoms with van der Waals surface area (Å²) in [7, 11) is 2.40. The van der Waals surface area contributed by atoms with Crippen LogP contribution in [-0.4, -0.2) is 55.0 Å². The summed E-state index contributed by atoms with van der Waals surface area (Å²) in [5.41, 5.74) is 2.14. The fourth-order valence-corrected chi connectivity index (χ4v) is 2.47. The number of hydrazine groups is 1. The number of nitrogens with one attached hydrogen (secondary N) is 1. The van der Waals surface area contributed by atoms with Gasteiger partial charge in [0.05, 0.1) is 14.2 Å². The van der Waals surface area contributed by atoms with Crippen molar-refractivity contribution in [2.24, 2.45) is 0 Å². The maximum Gasteiger partial charge on any atom is 0.429 e. The minimum atomic E-state index is -1.24. The third kappa shape index (κ3) is 9.83. The monoisotopic (exact) mass is 438 g/mol. The number of carbonyl (C=O) groups excluding carboxylic acids is 4. The van der Waals surface area contributed by atoms with Crippen molar-refractivity contribution in [1.29, 1.82) is 0 Å². The molecule has 0 aliphatic rings. The summed E-state index contributed by atoms with van der Waals surface area (Å²) in [6.45, 7) is 4.87. The number of hydrogen-bond acceptors (Lipinski definition) is 8. The first-order valence-corrected chi connectivity index (χ1v) is 9.71. The molecule has 0 fully saturated rings. The van der Waals surface area contributed by atoms with E-state index in [4.69, 9.17) is 14.2 Å². The number of nitrogens with zero attached hydrogens (tertiary/aromatic N) is 1. The van der Waals surface area contributed by atoms with Crippen LogP contribution in [0.15, 0.2) is 30.3 Å². The van der Waals surface area contributed by atoms with Crippen molar-refractivity contribution in [2.45, 2.75) is 58.3 Å². The number of carbonyl (C=O) groups is 4. The van der Waals surface area contributed by atoms with Crippen LogP contribution >= 0.6 is 0 Å². The first-order valence-electron chi connectivity index (χ1n) is 9.71. The molecule has 1 aromatic rings. The number of methoxy groups -OCH3 is 2. The average molecular weight is 438 g/mol. The second-order valence-electron chi connectivity index (χ2n) is 7.53. The van der Waals surface area contributed by atoms with Crippen molar-refractivity contribution in [1.82, 2.24) is 10.4 Å². The van der Waals surface area contributed by atoms with Crippen LogP contribution in [0.1, 0.15) is 45.6 Å². The summed E-state index contributed by atoms with van der Waals surface area (Å²) >= 11 is 0. The zero-order valence-corrected chi connectivity index (χ0v) is 18.5. The predicted molar refractivity (Wildman–Crippen MR) is 110 cm³/mol. The number of ether oxygens (including phenoxy) is 4. The molecule has 0 radical (unpaired) electrons. The van der Waals surface area contributed by atoms with E-state index in [-0.39, 0.29) is 25.9 Å². The number of rotatable bonds is 8. The summed E-state index contributed by atoms with van der Waals surface area (Å²) < 4.78 is 19.8. The van der Waals surface area contributed by atoms with Gasteiger partial charge in [-0.1, -0.05) is 30.3 Å². The molecule has 31 heavy (non-hydrogen) atoms. The summed E-state index contributed by atoms with van der Waals surface area (Å²) in [5, 5.41) is 0.722. The van der Waals surface area contributed by atoms with E-state index in [0.717, 1.165) is 12.1 Å². The Morgan fingerprint density at radius 2 is 1.68 bits per heavy atom. The van der Waals surface area contributed by atoms with E-state index in [0.29, 0.717) is 5.56 Å². The SMILES string of the molecule is COC(=O)CCCC(C(=O)OC)N(NC(=O)OC(C)(C)C)C(=O)OCc1ccccc1. The lowest BCUT2D eigenvalue weighted by atomic mass is 10.1. The van der Waals surface area contributed by atoms with Crippen molar-refractivity contribution in [3.8, 4) is 0 Å². The summed E-state index contributed by atoms with van der Waals surface area (Å²) in [6.07, 6.45) is -1.71. The lowest BCUT2D eigenvalue weighted by molar-refractivity contribution is -0.148. The third-order valence-corrected chi connectivity index (χ3v) is 3.88. The molecule has 1 atom stereocenters. The standard InChI is InChI=1S/C21H30N2O8/c1-21(2,3)31-19(26)22-23(20(27)30-14-15-10-7-6-8-11-15)16(18(25)29-5)12-9-13-17(24)28-4/h6-8,10-11,16H,9,12-14H2,1-5H3,(H,22,26). The van der Waals surface area contributed by atoms with Gasteiger partial charge in [-0.15, -0.1) is 0 Å². The van der Waals surface area contributed by atoms with Gasteiger partial charge in [-0.3, -0.25) is 4.79 Å². The normalized spacial score (nSPS) is 11.6. The molecular formula is C21H30N2O8. The summed E-state index contributed by atoms with van der Waals surface area (Å²) in [4.78, 5) is 48.8. The van der Waals surface area contributed by atoms with E-state index in [2.05, 4.69) is 10.2 Å². The fraction of sp³-hybridized carbons (Fsp3) is 0.524. The Balaban J connectivity index is 3.01. The first kappa shape index (κ1) is 25.7. The predicted octanol–water partition coefficient (Wildman–Crippen LogP) is 2.95. The van der Waals surface area contributed by atoms with E-state index < -0.39 is 35.8 Å². The number of benzene rings is 1. The van der Waals surface area contributed by atoms with Crippen LogP contribution in [0.25, 0.3) is 0 Å². The number of hydrogen-bond donors (Lipinski definition) is 1. The average Bonchev–Trinajstić information content (AvgIpc) is 2.72. The maximum atomic E-state index is 12.8. The summed E-state index contributed by atoms with van der Waals surface area (Å²) in [5.74, 6) is -1.26. The van der Waals surface area contributed by atoms with Gasteiger partial charge in [0.1, 0.15) is 12.2 Å². The Hall–Kier alpha value is -3.30. The molecule has 0 saturated carbocycles.